The van der Waals surface area contributed by atoms with Gasteiger partial charge in [-0.1, -0.05) is 19.9 Å². The minimum absolute atomic E-state index is 0.0717. The van der Waals surface area contributed by atoms with Crippen molar-refractivity contribution in [1.82, 2.24) is 15.0 Å². The smallest absolute Gasteiger partial charge is 0.254 e. The minimum Gasteiger partial charge on any atom is -0.305 e. The van der Waals surface area contributed by atoms with E-state index in [-0.39, 0.29) is 11.5 Å². The second kappa shape index (κ2) is 4.72. The molecule has 0 unspecified atom stereocenters. The fourth-order valence-electron chi connectivity index (χ4n) is 2.12. The third kappa shape index (κ3) is 2.18. The van der Waals surface area contributed by atoms with Crippen LogP contribution in [0.4, 0.5) is 0 Å². The van der Waals surface area contributed by atoms with Gasteiger partial charge in [-0.05, 0) is 31.4 Å². The lowest BCUT2D eigenvalue weighted by Gasteiger charge is -2.10. The number of hydrogen-bond acceptors (Lipinski definition) is 3. The van der Waals surface area contributed by atoms with Crippen LogP contribution in [-0.2, 0) is 0 Å². The predicted molar refractivity (Wildman–Crippen MR) is 71.7 cm³/mol. The largest absolute Gasteiger partial charge is 0.305 e. The van der Waals surface area contributed by atoms with Gasteiger partial charge in [0.25, 0.3) is 5.56 Å². The number of rotatable bonds is 2. The average molecular weight is 243 g/mol. The summed E-state index contributed by atoms with van der Waals surface area (Å²) in [5.41, 5.74) is 3.17. The Labute approximate surface area is 106 Å². The molecule has 18 heavy (non-hydrogen) atoms. The van der Waals surface area contributed by atoms with Gasteiger partial charge in [0.1, 0.15) is 5.69 Å². The molecule has 0 amide bonds. The first-order valence-corrected chi connectivity index (χ1v) is 6.03. The van der Waals surface area contributed by atoms with Crippen molar-refractivity contribution in [3.8, 4) is 11.5 Å². The summed E-state index contributed by atoms with van der Waals surface area (Å²) >= 11 is 0. The van der Waals surface area contributed by atoms with Crippen molar-refractivity contribution >= 4 is 0 Å². The average Bonchev–Trinajstić information content (AvgIpc) is 2.27. The van der Waals surface area contributed by atoms with Crippen molar-refractivity contribution < 1.29 is 0 Å². The highest BCUT2D eigenvalue weighted by Gasteiger charge is 2.13. The number of hydrogen-bond donors (Lipinski definition) is 1. The highest BCUT2D eigenvalue weighted by Crippen LogP contribution is 2.18. The van der Waals surface area contributed by atoms with E-state index in [1.54, 1.807) is 6.20 Å². The summed E-state index contributed by atoms with van der Waals surface area (Å²) in [6.45, 7) is 7.80. The number of aryl methyl sites for hydroxylation is 2. The molecule has 0 saturated carbocycles. The summed E-state index contributed by atoms with van der Waals surface area (Å²) in [6, 6.07) is 3.82. The van der Waals surface area contributed by atoms with Crippen molar-refractivity contribution in [3.63, 3.8) is 0 Å². The van der Waals surface area contributed by atoms with Gasteiger partial charge in [0.05, 0.1) is 0 Å². The van der Waals surface area contributed by atoms with E-state index in [2.05, 4.69) is 15.0 Å². The van der Waals surface area contributed by atoms with Gasteiger partial charge in [-0.25, -0.2) is 4.98 Å². The van der Waals surface area contributed by atoms with Crippen molar-refractivity contribution in [2.75, 3.05) is 0 Å². The summed E-state index contributed by atoms with van der Waals surface area (Å²) < 4.78 is 0. The standard InChI is InChI=1S/C14H17N3O/c1-8(2)11-10(4)16-13(17-14(11)18)12-9(3)6-5-7-15-12/h5-8H,1-4H3,(H,16,17,18). The maximum absolute atomic E-state index is 12.1. The van der Waals surface area contributed by atoms with Crippen molar-refractivity contribution in [3.05, 3.63) is 45.5 Å². The number of nitrogens with zero attached hydrogens (tertiary/aromatic N) is 2. The van der Waals surface area contributed by atoms with Crippen molar-refractivity contribution in [2.45, 2.75) is 33.6 Å². The molecule has 0 aromatic carbocycles. The Bertz CT molecular complexity index is 629. The summed E-state index contributed by atoms with van der Waals surface area (Å²) in [4.78, 5) is 23.6. The van der Waals surface area contributed by atoms with E-state index in [1.165, 1.54) is 0 Å². The molecular formula is C14H17N3O. The molecule has 0 fully saturated rings. The molecule has 0 aliphatic heterocycles. The maximum atomic E-state index is 12.1. The van der Waals surface area contributed by atoms with E-state index in [1.807, 2.05) is 39.8 Å². The summed E-state index contributed by atoms with van der Waals surface area (Å²) in [7, 11) is 0. The fourth-order valence-corrected chi connectivity index (χ4v) is 2.12. The SMILES string of the molecule is Cc1cccnc1-c1nc(C)c(C(C)C)c(=O)[nH]1. The minimum atomic E-state index is -0.0717. The molecule has 0 saturated heterocycles. The molecule has 0 bridgehead atoms. The van der Waals surface area contributed by atoms with Crippen LogP contribution in [0.5, 0.6) is 0 Å². The van der Waals surface area contributed by atoms with E-state index in [0.717, 1.165) is 22.5 Å². The van der Waals surface area contributed by atoms with Crippen LogP contribution in [0.1, 0.15) is 36.6 Å². The first-order chi connectivity index (χ1) is 8.50. The topological polar surface area (TPSA) is 58.6 Å². The van der Waals surface area contributed by atoms with Gasteiger partial charge < -0.3 is 4.98 Å². The van der Waals surface area contributed by atoms with Gasteiger partial charge in [-0.2, -0.15) is 0 Å². The molecule has 0 aliphatic carbocycles. The molecule has 2 heterocycles. The number of nitrogens with one attached hydrogen (secondary N) is 1. The third-order valence-corrected chi connectivity index (χ3v) is 2.96. The first kappa shape index (κ1) is 12.5. The summed E-state index contributed by atoms with van der Waals surface area (Å²) in [6.07, 6.45) is 1.70. The van der Waals surface area contributed by atoms with Crippen LogP contribution in [0, 0.1) is 13.8 Å². The van der Waals surface area contributed by atoms with Crippen LogP contribution >= 0.6 is 0 Å². The Morgan fingerprint density at radius 3 is 2.56 bits per heavy atom. The fraction of sp³-hybridized carbons (Fsp3) is 0.357. The van der Waals surface area contributed by atoms with Crippen LogP contribution in [0.3, 0.4) is 0 Å². The Kier molecular flexibility index (Phi) is 3.28. The van der Waals surface area contributed by atoms with Gasteiger partial charge in [-0.3, -0.25) is 9.78 Å². The third-order valence-electron chi connectivity index (χ3n) is 2.96. The molecule has 0 atom stereocenters. The molecule has 1 N–H and O–H groups in total. The highest BCUT2D eigenvalue weighted by molar-refractivity contribution is 5.54. The Morgan fingerprint density at radius 2 is 2.00 bits per heavy atom. The van der Waals surface area contributed by atoms with E-state index < -0.39 is 0 Å². The maximum Gasteiger partial charge on any atom is 0.254 e. The Morgan fingerprint density at radius 1 is 1.28 bits per heavy atom. The molecule has 2 aromatic heterocycles. The van der Waals surface area contributed by atoms with Crippen LogP contribution in [-0.4, -0.2) is 15.0 Å². The summed E-state index contributed by atoms with van der Waals surface area (Å²) in [5, 5.41) is 0. The summed E-state index contributed by atoms with van der Waals surface area (Å²) in [5.74, 6) is 0.708. The van der Waals surface area contributed by atoms with Crippen LogP contribution in [0.25, 0.3) is 11.5 Å². The lowest BCUT2D eigenvalue weighted by molar-refractivity contribution is 0.813. The van der Waals surface area contributed by atoms with Gasteiger partial charge in [0.15, 0.2) is 5.82 Å². The van der Waals surface area contributed by atoms with Gasteiger partial charge >= 0.3 is 0 Å². The molecule has 2 aromatic rings. The predicted octanol–water partition coefficient (Wildman–Crippen LogP) is 2.57. The molecule has 0 aliphatic rings. The normalized spacial score (nSPS) is 10.9. The molecule has 4 nitrogen and oxygen atoms in total. The van der Waals surface area contributed by atoms with E-state index in [0.29, 0.717) is 5.82 Å². The van der Waals surface area contributed by atoms with Crippen molar-refractivity contribution in [2.24, 2.45) is 0 Å². The lowest BCUT2D eigenvalue weighted by Crippen LogP contribution is -2.19. The number of H-pyrrole nitrogens is 1. The highest BCUT2D eigenvalue weighted by atomic mass is 16.1. The zero-order valence-electron chi connectivity index (χ0n) is 11.1. The van der Waals surface area contributed by atoms with Crippen molar-refractivity contribution in [1.29, 1.82) is 0 Å². The Balaban J connectivity index is 2.63. The lowest BCUT2D eigenvalue weighted by atomic mass is 10.0. The van der Waals surface area contributed by atoms with E-state index >= 15 is 0 Å². The monoisotopic (exact) mass is 243 g/mol. The van der Waals surface area contributed by atoms with Crippen LogP contribution < -0.4 is 5.56 Å². The molecule has 0 spiro atoms. The van der Waals surface area contributed by atoms with Gasteiger partial charge in [-0.15, -0.1) is 0 Å². The zero-order chi connectivity index (χ0) is 13.3. The molecule has 2 rings (SSSR count). The van der Waals surface area contributed by atoms with Crippen LogP contribution in [0.15, 0.2) is 23.1 Å². The molecular weight excluding hydrogens is 226 g/mol. The zero-order valence-corrected chi connectivity index (χ0v) is 11.1. The second-order valence-corrected chi connectivity index (χ2v) is 4.74. The first-order valence-electron chi connectivity index (χ1n) is 6.03. The van der Waals surface area contributed by atoms with Gasteiger partial charge in [0, 0.05) is 17.5 Å². The molecule has 4 heteroatoms. The van der Waals surface area contributed by atoms with Gasteiger partial charge in [0.2, 0.25) is 0 Å². The number of aromatic amines is 1. The molecule has 94 valence electrons. The quantitative estimate of drug-likeness (QED) is 0.881. The number of aromatic nitrogens is 3. The molecule has 0 radical (unpaired) electrons. The van der Waals surface area contributed by atoms with E-state index in [4.69, 9.17) is 0 Å². The Hall–Kier alpha value is -1.97. The van der Waals surface area contributed by atoms with E-state index in [9.17, 15) is 4.79 Å². The van der Waals surface area contributed by atoms with Crippen LogP contribution in [0.2, 0.25) is 0 Å². The second-order valence-electron chi connectivity index (χ2n) is 4.74. The number of pyridine rings is 1.